The summed E-state index contributed by atoms with van der Waals surface area (Å²) in [5.41, 5.74) is 2.47. The summed E-state index contributed by atoms with van der Waals surface area (Å²) in [6, 6.07) is 5.83. The molecule has 0 saturated heterocycles. The molecule has 0 spiro atoms. The van der Waals surface area contributed by atoms with Crippen LogP contribution < -0.4 is 4.74 Å². The third-order valence-corrected chi connectivity index (χ3v) is 4.14. The number of rotatable bonds is 8. The summed E-state index contributed by atoms with van der Waals surface area (Å²) in [6.45, 7) is 7.24. The van der Waals surface area contributed by atoms with E-state index in [0.29, 0.717) is 18.8 Å². The number of fused-ring (bicyclic) bond motifs is 1. The zero-order valence-electron chi connectivity index (χ0n) is 14.6. The van der Waals surface area contributed by atoms with Gasteiger partial charge < -0.3 is 24.4 Å². The molecule has 132 valence electrons. The Balaban J connectivity index is 2.55. The lowest BCUT2D eigenvalue weighted by Gasteiger charge is -2.22. The Morgan fingerprint density at radius 1 is 1.21 bits per heavy atom. The molecule has 0 saturated carbocycles. The van der Waals surface area contributed by atoms with Crippen LogP contribution >= 0.6 is 0 Å². The number of nitrogens with zero attached hydrogens (tertiary/aromatic N) is 2. The topological polar surface area (TPSA) is 74.9 Å². The normalized spacial score (nSPS) is 11.0. The van der Waals surface area contributed by atoms with Crippen molar-refractivity contribution in [2.24, 2.45) is 0 Å². The summed E-state index contributed by atoms with van der Waals surface area (Å²) in [5.74, 6) is 0.606. The third kappa shape index (κ3) is 3.39. The summed E-state index contributed by atoms with van der Waals surface area (Å²) in [7, 11) is 0. The van der Waals surface area contributed by atoms with Crippen molar-refractivity contribution >= 4 is 16.8 Å². The molecule has 1 amide bonds. The van der Waals surface area contributed by atoms with E-state index in [4.69, 9.17) is 4.74 Å². The first-order chi connectivity index (χ1) is 11.6. The van der Waals surface area contributed by atoms with Crippen molar-refractivity contribution in [3.8, 4) is 5.75 Å². The van der Waals surface area contributed by atoms with Gasteiger partial charge in [0.15, 0.2) is 0 Å². The number of ether oxygens (including phenoxy) is 1. The highest BCUT2D eigenvalue weighted by Crippen LogP contribution is 2.30. The van der Waals surface area contributed by atoms with E-state index in [0.717, 1.165) is 22.2 Å². The van der Waals surface area contributed by atoms with Crippen molar-refractivity contribution < 1.29 is 19.7 Å². The molecule has 0 atom stereocenters. The summed E-state index contributed by atoms with van der Waals surface area (Å²) in [5, 5.41) is 19.4. The van der Waals surface area contributed by atoms with E-state index < -0.39 is 0 Å². The van der Waals surface area contributed by atoms with Gasteiger partial charge in [-0.05, 0) is 44.5 Å². The van der Waals surface area contributed by atoms with Crippen molar-refractivity contribution in [1.29, 1.82) is 0 Å². The van der Waals surface area contributed by atoms with E-state index in [1.54, 1.807) is 0 Å². The molecular weight excluding hydrogens is 308 g/mol. The molecular formula is C18H26N2O4. The van der Waals surface area contributed by atoms with Gasteiger partial charge in [0.2, 0.25) is 0 Å². The molecule has 0 aliphatic rings. The van der Waals surface area contributed by atoms with E-state index in [9.17, 15) is 15.0 Å². The van der Waals surface area contributed by atoms with Gasteiger partial charge in [0.05, 0.1) is 19.8 Å². The molecule has 0 fully saturated rings. The molecule has 0 unspecified atom stereocenters. The summed E-state index contributed by atoms with van der Waals surface area (Å²) >= 11 is 0. The molecule has 24 heavy (non-hydrogen) atoms. The van der Waals surface area contributed by atoms with Gasteiger partial charge in [0.1, 0.15) is 11.4 Å². The van der Waals surface area contributed by atoms with E-state index in [2.05, 4.69) is 0 Å². The molecule has 1 aromatic heterocycles. The van der Waals surface area contributed by atoms with Gasteiger partial charge >= 0.3 is 0 Å². The minimum Gasteiger partial charge on any atom is -0.494 e. The quantitative estimate of drug-likeness (QED) is 0.772. The van der Waals surface area contributed by atoms with Crippen molar-refractivity contribution in [2.75, 3.05) is 32.9 Å². The average Bonchev–Trinajstić information content (AvgIpc) is 2.86. The Hall–Kier alpha value is -2.05. The number of hydrogen-bond acceptors (Lipinski definition) is 4. The van der Waals surface area contributed by atoms with Crippen LogP contribution in [0.15, 0.2) is 18.2 Å². The van der Waals surface area contributed by atoms with Crippen LogP contribution in [0.3, 0.4) is 0 Å². The minimum atomic E-state index is -0.174. The van der Waals surface area contributed by atoms with E-state index >= 15 is 0 Å². The largest absolute Gasteiger partial charge is 0.494 e. The van der Waals surface area contributed by atoms with Crippen LogP contribution in [0.4, 0.5) is 0 Å². The highest BCUT2D eigenvalue weighted by atomic mass is 16.5. The van der Waals surface area contributed by atoms with Crippen LogP contribution in [0.5, 0.6) is 5.75 Å². The van der Waals surface area contributed by atoms with Crippen LogP contribution in [-0.2, 0) is 6.54 Å². The monoisotopic (exact) mass is 334 g/mol. The maximum Gasteiger partial charge on any atom is 0.270 e. The number of benzene rings is 1. The smallest absolute Gasteiger partial charge is 0.270 e. The fourth-order valence-electron chi connectivity index (χ4n) is 3.07. The van der Waals surface area contributed by atoms with Crippen molar-refractivity contribution in [1.82, 2.24) is 9.47 Å². The molecule has 2 N–H and O–H groups in total. The maximum absolute atomic E-state index is 13.0. The van der Waals surface area contributed by atoms with Gasteiger partial charge in [0.25, 0.3) is 5.91 Å². The fraction of sp³-hybridized carbons (Fsp3) is 0.500. The molecule has 0 aliphatic heterocycles. The van der Waals surface area contributed by atoms with Gasteiger partial charge in [-0.15, -0.1) is 0 Å². The van der Waals surface area contributed by atoms with Gasteiger partial charge in [0, 0.05) is 30.5 Å². The first-order valence-corrected chi connectivity index (χ1v) is 8.35. The molecule has 2 rings (SSSR count). The lowest BCUT2D eigenvalue weighted by atomic mass is 10.1. The number of aromatic nitrogens is 1. The van der Waals surface area contributed by atoms with Gasteiger partial charge in [-0.25, -0.2) is 0 Å². The molecule has 1 heterocycles. The Kier molecular flexibility index (Phi) is 6.23. The van der Waals surface area contributed by atoms with Crippen molar-refractivity contribution in [3.05, 3.63) is 29.5 Å². The highest BCUT2D eigenvalue weighted by molar-refractivity contribution is 6.02. The number of aryl methyl sites for hydroxylation is 2. The number of hydrogen-bond donors (Lipinski definition) is 2. The molecule has 0 radical (unpaired) electrons. The Morgan fingerprint density at radius 3 is 2.42 bits per heavy atom. The number of carbonyl (C=O) groups excluding carboxylic acids is 1. The summed E-state index contributed by atoms with van der Waals surface area (Å²) < 4.78 is 7.54. The predicted molar refractivity (Wildman–Crippen MR) is 93.6 cm³/mol. The molecule has 6 nitrogen and oxygen atoms in total. The lowest BCUT2D eigenvalue weighted by molar-refractivity contribution is 0.0674. The second-order valence-corrected chi connectivity index (χ2v) is 5.57. The van der Waals surface area contributed by atoms with Gasteiger partial charge in [-0.2, -0.15) is 0 Å². The van der Waals surface area contributed by atoms with Crippen molar-refractivity contribution in [3.63, 3.8) is 0 Å². The average molecular weight is 334 g/mol. The Labute approximate surface area is 142 Å². The van der Waals surface area contributed by atoms with Crippen LogP contribution in [-0.4, -0.2) is 58.5 Å². The molecule has 0 aliphatic carbocycles. The van der Waals surface area contributed by atoms with Crippen LogP contribution in [0.1, 0.15) is 29.9 Å². The molecule has 0 bridgehead atoms. The van der Waals surface area contributed by atoms with Crippen LogP contribution in [0.2, 0.25) is 0 Å². The van der Waals surface area contributed by atoms with E-state index in [-0.39, 0.29) is 32.2 Å². The molecule has 1 aromatic carbocycles. The molecule has 6 heteroatoms. The molecule has 2 aromatic rings. The van der Waals surface area contributed by atoms with Gasteiger partial charge in [-0.3, -0.25) is 4.79 Å². The van der Waals surface area contributed by atoms with Crippen LogP contribution in [0, 0.1) is 6.92 Å². The number of amides is 1. The predicted octanol–water partition coefficient (Wildman–Crippen LogP) is 1.80. The van der Waals surface area contributed by atoms with E-state index in [1.165, 1.54) is 4.90 Å². The Morgan fingerprint density at radius 2 is 1.88 bits per heavy atom. The number of aliphatic hydroxyl groups is 2. The van der Waals surface area contributed by atoms with Crippen molar-refractivity contribution in [2.45, 2.75) is 27.3 Å². The minimum absolute atomic E-state index is 0.133. The van der Waals surface area contributed by atoms with Gasteiger partial charge in [-0.1, -0.05) is 0 Å². The number of aliphatic hydroxyl groups excluding tert-OH is 2. The highest BCUT2D eigenvalue weighted by Gasteiger charge is 2.24. The first kappa shape index (κ1) is 18.3. The summed E-state index contributed by atoms with van der Waals surface area (Å²) in [4.78, 5) is 14.4. The fourth-order valence-corrected chi connectivity index (χ4v) is 3.07. The first-order valence-electron chi connectivity index (χ1n) is 8.35. The second kappa shape index (κ2) is 8.17. The lowest BCUT2D eigenvalue weighted by Crippen LogP contribution is -2.37. The van der Waals surface area contributed by atoms with E-state index in [1.807, 2.05) is 43.5 Å². The summed E-state index contributed by atoms with van der Waals surface area (Å²) in [6.07, 6.45) is 0. The second-order valence-electron chi connectivity index (χ2n) is 5.57. The SMILES string of the molecule is CCOc1ccc2c(c1)c(C)c(C(=O)N(CCO)CCO)n2CC. The zero-order chi connectivity index (χ0) is 17.7. The van der Waals surface area contributed by atoms with Crippen LogP contribution in [0.25, 0.3) is 10.9 Å². The standard InChI is InChI=1S/C18H26N2O4/c1-4-20-16-7-6-14(24-5-2)12-15(16)13(3)17(20)18(23)19(8-10-21)9-11-22/h6-7,12,21-22H,4-5,8-11H2,1-3H3. The third-order valence-electron chi connectivity index (χ3n) is 4.14. The number of carbonyl (C=O) groups is 1. The Bertz CT molecular complexity index is 703. The maximum atomic E-state index is 13.0. The zero-order valence-corrected chi connectivity index (χ0v) is 14.6.